The molecule has 0 aliphatic carbocycles. The molecule has 1 aliphatic heterocycles. The van der Waals surface area contributed by atoms with E-state index in [4.69, 9.17) is 9.05 Å². The molecule has 1 saturated heterocycles. The molecule has 0 saturated carbocycles. The summed E-state index contributed by atoms with van der Waals surface area (Å²) < 4.78 is 37.2. The molecule has 136 valence electrons. The predicted molar refractivity (Wildman–Crippen MR) is 93.0 cm³/mol. The molecule has 6 nitrogen and oxygen atoms in total. The molecule has 0 amide bonds. The standard InChI is InChI=1S/C16H26O6P2/c1-5-14-15(4,23(17,18)19)22-24(20,21-7-3)16(14,6-2)13-11-9-8-10-12-13/h8-12,14H,5-7H2,1-4H3,(H2,17,18,19). The molecule has 24 heavy (non-hydrogen) atoms. The van der Waals surface area contributed by atoms with Gasteiger partial charge in [-0.2, -0.15) is 0 Å². The van der Waals surface area contributed by atoms with Crippen LogP contribution in [0.3, 0.4) is 0 Å². The van der Waals surface area contributed by atoms with Crippen molar-refractivity contribution in [2.24, 2.45) is 5.92 Å². The minimum Gasteiger partial charge on any atom is -0.322 e. The highest BCUT2D eigenvalue weighted by molar-refractivity contribution is 7.59. The van der Waals surface area contributed by atoms with E-state index in [1.165, 1.54) is 6.92 Å². The first-order valence-electron chi connectivity index (χ1n) is 8.19. The number of hydrogen-bond donors (Lipinski definition) is 2. The van der Waals surface area contributed by atoms with E-state index in [-0.39, 0.29) is 6.61 Å². The van der Waals surface area contributed by atoms with E-state index >= 15 is 0 Å². The zero-order chi connectivity index (χ0) is 18.2. The summed E-state index contributed by atoms with van der Waals surface area (Å²) in [5.41, 5.74) is 0.730. The second kappa shape index (κ2) is 6.68. The zero-order valence-corrected chi connectivity index (χ0v) is 16.3. The van der Waals surface area contributed by atoms with Crippen molar-refractivity contribution in [1.29, 1.82) is 0 Å². The van der Waals surface area contributed by atoms with E-state index in [1.807, 2.05) is 44.2 Å². The number of benzene rings is 1. The highest BCUT2D eigenvalue weighted by atomic mass is 31.2. The molecule has 2 N–H and O–H groups in total. The van der Waals surface area contributed by atoms with Crippen LogP contribution in [0, 0.1) is 5.92 Å². The Labute approximate surface area is 143 Å². The first-order chi connectivity index (χ1) is 11.1. The highest BCUT2D eigenvalue weighted by Crippen LogP contribution is 2.83. The van der Waals surface area contributed by atoms with E-state index in [9.17, 15) is 18.9 Å². The maximum absolute atomic E-state index is 13.7. The number of rotatable bonds is 6. The first-order valence-corrected chi connectivity index (χ1v) is 11.3. The maximum Gasteiger partial charge on any atom is 0.357 e. The van der Waals surface area contributed by atoms with Crippen molar-refractivity contribution in [3.8, 4) is 0 Å². The maximum atomic E-state index is 13.7. The molecular formula is C16H26O6P2. The predicted octanol–water partition coefficient (Wildman–Crippen LogP) is 4.47. The summed E-state index contributed by atoms with van der Waals surface area (Å²) in [7, 11) is -8.51. The smallest absolute Gasteiger partial charge is 0.322 e. The Kier molecular flexibility index (Phi) is 5.52. The second-order valence-electron chi connectivity index (χ2n) is 6.21. The molecule has 0 aromatic heterocycles. The van der Waals surface area contributed by atoms with Gasteiger partial charge in [0.05, 0.1) is 6.61 Å². The fourth-order valence-electron chi connectivity index (χ4n) is 4.04. The summed E-state index contributed by atoms with van der Waals surface area (Å²) in [4.78, 5) is 19.9. The third-order valence-corrected chi connectivity index (χ3v) is 9.90. The van der Waals surface area contributed by atoms with Crippen LogP contribution in [0.1, 0.15) is 46.1 Å². The summed E-state index contributed by atoms with van der Waals surface area (Å²) in [5.74, 6) is -0.643. The summed E-state index contributed by atoms with van der Waals surface area (Å²) in [6.07, 6.45) is 0.795. The Bertz CT molecular complexity index is 672. The molecule has 0 spiro atoms. The summed E-state index contributed by atoms with van der Waals surface area (Å²) in [5, 5.41) is -2.94. The van der Waals surface area contributed by atoms with E-state index in [1.54, 1.807) is 6.92 Å². The van der Waals surface area contributed by atoms with Gasteiger partial charge < -0.3 is 14.3 Å². The second-order valence-corrected chi connectivity index (χ2v) is 10.4. The van der Waals surface area contributed by atoms with Gasteiger partial charge in [-0.25, -0.2) is 0 Å². The first kappa shape index (κ1) is 19.8. The topological polar surface area (TPSA) is 93.1 Å². The molecule has 0 bridgehead atoms. The van der Waals surface area contributed by atoms with E-state index in [2.05, 4.69) is 0 Å². The van der Waals surface area contributed by atoms with Gasteiger partial charge in [0.2, 0.25) is 0 Å². The van der Waals surface area contributed by atoms with Crippen LogP contribution >= 0.6 is 15.2 Å². The van der Waals surface area contributed by atoms with Crippen LogP contribution in [0.2, 0.25) is 0 Å². The Morgan fingerprint density at radius 2 is 1.83 bits per heavy atom. The molecule has 4 atom stereocenters. The average molecular weight is 376 g/mol. The van der Waals surface area contributed by atoms with Crippen molar-refractivity contribution in [2.75, 3.05) is 6.61 Å². The van der Waals surface area contributed by atoms with Crippen LogP contribution in [-0.2, 0) is 23.3 Å². The van der Waals surface area contributed by atoms with Gasteiger partial charge in [-0.15, -0.1) is 0 Å². The lowest BCUT2D eigenvalue weighted by atomic mass is 9.78. The molecule has 1 heterocycles. The third kappa shape index (κ3) is 2.65. The zero-order valence-electron chi connectivity index (χ0n) is 14.5. The van der Waals surface area contributed by atoms with Crippen LogP contribution < -0.4 is 0 Å². The van der Waals surface area contributed by atoms with Gasteiger partial charge in [0.15, 0.2) is 5.34 Å². The third-order valence-electron chi connectivity index (χ3n) is 5.12. The lowest BCUT2D eigenvalue weighted by molar-refractivity contribution is 0.0885. The van der Waals surface area contributed by atoms with Gasteiger partial charge in [-0.3, -0.25) is 13.7 Å². The van der Waals surface area contributed by atoms with Gasteiger partial charge in [-0.1, -0.05) is 44.2 Å². The molecule has 8 heteroatoms. The van der Waals surface area contributed by atoms with Crippen molar-refractivity contribution in [1.82, 2.24) is 0 Å². The normalized spacial score (nSPS) is 36.8. The SMILES string of the molecule is CCOP1(=O)OC(C)(P(=O)(O)O)C(CC)C1(CC)c1ccccc1. The average Bonchev–Trinajstić information content (AvgIpc) is 2.72. The molecular weight excluding hydrogens is 350 g/mol. The Hall–Kier alpha value is -0.480. The fourth-order valence-corrected chi connectivity index (χ4v) is 8.76. The van der Waals surface area contributed by atoms with Crippen LogP contribution in [0.5, 0.6) is 0 Å². The molecule has 1 fully saturated rings. The van der Waals surface area contributed by atoms with E-state index in [0.717, 1.165) is 5.56 Å². The Balaban J connectivity index is 2.81. The van der Waals surface area contributed by atoms with Crippen molar-refractivity contribution in [2.45, 2.75) is 51.0 Å². The summed E-state index contributed by atoms with van der Waals surface area (Å²) >= 11 is 0. The van der Waals surface area contributed by atoms with Crippen molar-refractivity contribution in [3.05, 3.63) is 35.9 Å². The Morgan fingerprint density at radius 1 is 1.25 bits per heavy atom. The monoisotopic (exact) mass is 376 g/mol. The summed E-state index contributed by atoms with van der Waals surface area (Å²) in [6.45, 7) is 6.88. The van der Waals surface area contributed by atoms with Gasteiger partial charge in [-0.05, 0) is 32.3 Å². The molecule has 0 radical (unpaired) electrons. The molecule has 1 aromatic carbocycles. The van der Waals surface area contributed by atoms with Crippen molar-refractivity contribution in [3.63, 3.8) is 0 Å². The Morgan fingerprint density at radius 3 is 2.25 bits per heavy atom. The van der Waals surface area contributed by atoms with Crippen LogP contribution in [-0.4, -0.2) is 21.7 Å². The van der Waals surface area contributed by atoms with Gasteiger partial charge in [0.1, 0.15) is 5.16 Å². The molecule has 1 aliphatic rings. The fraction of sp³-hybridized carbons (Fsp3) is 0.625. The molecule has 4 unspecified atom stereocenters. The largest absolute Gasteiger partial charge is 0.357 e. The summed E-state index contributed by atoms with van der Waals surface area (Å²) in [6, 6.07) is 9.14. The quantitative estimate of drug-likeness (QED) is 0.712. The van der Waals surface area contributed by atoms with E-state index in [0.29, 0.717) is 12.8 Å². The highest BCUT2D eigenvalue weighted by Gasteiger charge is 2.73. The minimum atomic E-state index is -4.69. The van der Waals surface area contributed by atoms with Crippen LogP contribution in [0.15, 0.2) is 30.3 Å². The van der Waals surface area contributed by atoms with E-state index < -0.39 is 31.6 Å². The molecule has 2 rings (SSSR count). The van der Waals surface area contributed by atoms with Crippen LogP contribution in [0.4, 0.5) is 0 Å². The van der Waals surface area contributed by atoms with Gasteiger partial charge in [0.25, 0.3) is 0 Å². The lowest BCUT2D eigenvalue weighted by Crippen LogP contribution is -2.40. The van der Waals surface area contributed by atoms with Crippen molar-refractivity contribution >= 4 is 15.2 Å². The number of hydrogen-bond acceptors (Lipinski definition) is 4. The molecule has 1 aromatic rings. The van der Waals surface area contributed by atoms with Gasteiger partial charge in [0, 0.05) is 5.92 Å². The minimum absolute atomic E-state index is 0.138. The van der Waals surface area contributed by atoms with Crippen molar-refractivity contribution < 1.29 is 28.0 Å². The van der Waals surface area contributed by atoms with Gasteiger partial charge >= 0.3 is 15.2 Å². The van der Waals surface area contributed by atoms with Crippen LogP contribution in [0.25, 0.3) is 0 Å². The lowest BCUT2D eigenvalue weighted by Gasteiger charge is -2.38.